The van der Waals surface area contributed by atoms with E-state index < -0.39 is 4.92 Å². The van der Waals surface area contributed by atoms with Crippen molar-refractivity contribution in [3.05, 3.63) is 78.6 Å². The molecule has 0 saturated carbocycles. The van der Waals surface area contributed by atoms with E-state index in [0.717, 1.165) is 0 Å². The normalized spacial score (nSPS) is 11.2. The zero-order valence-corrected chi connectivity index (χ0v) is 15.3. The highest BCUT2D eigenvalue weighted by atomic mass is 35.5. The fraction of sp³-hybridized carbons (Fsp3) is 0. The van der Waals surface area contributed by atoms with E-state index in [4.69, 9.17) is 23.2 Å². The Hall–Kier alpha value is -2.72. The number of hydrogen-bond donors (Lipinski definition) is 0. The fourth-order valence-electron chi connectivity index (χ4n) is 2.29. The van der Waals surface area contributed by atoms with Crippen LogP contribution in [0.2, 0.25) is 10.0 Å². The first kappa shape index (κ1) is 18.1. The van der Waals surface area contributed by atoms with Crippen molar-refractivity contribution in [2.75, 3.05) is 0 Å². The molecule has 0 radical (unpaired) electrons. The Morgan fingerprint density at radius 3 is 2.73 bits per heavy atom. The van der Waals surface area contributed by atoms with Crippen LogP contribution >= 0.6 is 34.5 Å². The number of nitro benzene ring substituents is 1. The Balaban J connectivity index is 2.02. The van der Waals surface area contributed by atoms with Gasteiger partial charge in [-0.3, -0.25) is 10.1 Å². The molecule has 0 aliphatic heterocycles. The van der Waals surface area contributed by atoms with E-state index in [9.17, 15) is 15.4 Å². The van der Waals surface area contributed by atoms with Crippen molar-refractivity contribution in [3.63, 3.8) is 0 Å². The summed E-state index contributed by atoms with van der Waals surface area (Å²) in [6.45, 7) is 0. The minimum absolute atomic E-state index is 0.0715. The lowest BCUT2D eigenvalue weighted by molar-refractivity contribution is -0.385. The molecule has 1 heterocycles. The van der Waals surface area contributed by atoms with Crippen LogP contribution in [0.1, 0.15) is 10.6 Å². The lowest BCUT2D eigenvalue weighted by Gasteiger charge is -2.01. The number of nitro groups is 1. The molecule has 0 saturated heterocycles. The van der Waals surface area contributed by atoms with Gasteiger partial charge in [0.25, 0.3) is 5.69 Å². The quantitative estimate of drug-likeness (QED) is 0.301. The van der Waals surface area contributed by atoms with E-state index in [1.807, 2.05) is 0 Å². The van der Waals surface area contributed by atoms with Crippen molar-refractivity contribution < 1.29 is 4.92 Å². The fourth-order valence-corrected chi connectivity index (χ4v) is 3.58. The van der Waals surface area contributed by atoms with Crippen LogP contribution in [0.5, 0.6) is 0 Å². The Labute approximate surface area is 162 Å². The summed E-state index contributed by atoms with van der Waals surface area (Å²) in [6.07, 6.45) is 1.46. The number of halogens is 2. The maximum absolute atomic E-state index is 11.1. The highest BCUT2D eigenvalue weighted by Crippen LogP contribution is 2.33. The van der Waals surface area contributed by atoms with Gasteiger partial charge in [0.2, 0.25) is 0 Å². The highest BCUT2D eigenvalue weighted by molar-refractivity contribution is 7.11. The summed E-state index contributed by atoms with van der Waals surface area (Å²) in [7, 11) is 0. The van der Waals surface area contributed by atoms with Gasteiger partial charge < -0.3 is 0 Å². The largest absolute Gasteiger partial charge is 0.276 e. The van der Waals surface area contributed by atoms with Gasteiger partial charge in [0.15, 0.2) is 0 Å². The predicted molar refractivity (Wildman–Crippen MR) is 104 cm³/mol. The second kappa shape index (κ2) is 7.67. The molecule has 128 valence electrons. The van der Waals surface area contributed by atoms with E-state index in [-0.39, 0.29) is 11.3 Å². The first-order valence-electron chi connectivity index (χ1n) is 7.26. The van der Waals surface area contributed by atoms with Gasteiger partial charge in [-0.15, -0.1) is 11.3 Å². The van der Waals surface area contributed by atoms with Gasteiger partial charge in [-0.05, 0) is 30.3 Å². The molecule has 2 aromatic carbocycles. The third kappa shape index (κ3) is 3.75. The maximum atomic E-state index is 11.1. The van der Waals surface area contributed by atoms with Crippen LogP contribution in [0.3, 0.4) is 0 Å². The van der Waals surface area contributed by atoms with E-state index in [1.165, 1.54) is 23.5 Å². The Bertz CT molecular complexity index is 1070. The first-order valence-corrected chi connectivity index (χ1v) is 8.89. The van der Waals surface area contributed by atoms with Crippen LogP contribution in [0.15, 0.2) is 47.8 Å². The average Bonchev–Trinajstić information content (AvgIpc) is 3.09. The number of rotatable bonds is 4. The molecular formula is C18H9Cl2N3O2S. The van der Waals surface area contributed by atoms with Crippen molar-refractivity contribution in [3.8, 4) is 17.3 Å². The number of allylic oxidation sites excluding steroid dienone is 1. The van der Waals surface area contributed by atoms with Crippen molar-refractivity contribution in [1.29, 1.82) is 5.26 Å². The zero-order chi connectivity index (χ0) is 18.7. The van der Waals surface area contributed by atoms with Gasteiger partial charge in [-0.1, -0.05) is 35.3 Å². The van der Waals surface area contributed by atoms with Gasteiger partial charge in [-0.25, -0.2) is 4.98 Å². The number of nitriles is 1. The van der Waals surface area contributed by atoms with Crippen LogP contribution in [0.25, 0.3) is 22.9 Å². The van der Waals surface area contributed by atoms with Gasteiger partial charge in [0, 0.05) is 22.0 Å². The van der Waals surface area contributed by atoms with Crippen LogP contribution in [0, 0.1) is 21.4 Å². The number of hydrogen-bond acceptors (Lipinski definition) is 5. The van der Waals surface area contributed by atoms with E-state index in [2.05, 4.69) is 11.1 Å². The number of aromatic nitrogens is 1. The van der Waals surface area contributed by atoms with Gasteiger partial charge in [0.05, 0.1) is 26.8 Å². The Kier molecular flexibility index (Phi) is 5.33. The van der Waals surface area contributed by atoms with E-state index >= 15 is 0 Å². The third-order valence-corrected chi connectivity index (χ3v) is 4.92. The maximum Gasteiger partial charge on any atom is 0.276 e. The van der Waals surface area contributed by atoms with Gasteiger partial charge >= 0.3 is 0 Å². The zero-order valence-electron chi connectivity index (χ0n) is 13.0. The summed E-state index contributed by atoms with van der Waals surface area (Å²) in [5.41, 5.74) is 1.81. The topological polar surface area (TPSA) is 79.8 Å². The number of benzene rings is 2. The summed E-state index contributed by atoms with van der Waals surface area (Å²) >= 11 is 13.4. The van der Waals surface area contributed by atoms with Crippen LogP contribution in [0.4, 0.5) is 5.69 Å². The monoisotopic (exact) mass is 401 g/mol. The molecule has 0 unspecified atom stereocenters. The first-order chi connectivity index (χ1) is 12.5. The minimum Gasteiger partial charge on any atom is -0.258 e. The summed E-state index contributed by atoms with van der Waals surface area (Å²) in [4.78, 5) is 15.1. The van der Waals surface area contributed by atoms with Crippen molar-refractivity contribution in [2.45, 2.75) is 0 Å². The minimum atomic E-state index is -0.485. The molecule has 0 bridgehead atoms. The van der Waals surface area contributed by atoms with Gasteiger partial charge in [0.1, 0.15) is 11.1 Å². The second-order valence-electron chi connectivity index (χ2n) is 5.15. The molecule has 0 N–H and O–H groups in total. The number of thiazole rings is 1. The van der Waals surface area contributed by atoms with Crippen molar-refractivity contribution in [2.24, 2.45) is 0 Å². The van der Waals surface area contributed by atoms with Crippen LogP contribution in [-0.2, 0) is 0 Å². The molecule has 8 heteroatoms. The molecule has 0 fully saturated rings. The molecule has 5 nitrogen and oxygen atoms in total. The summed E-state index contributed by atoms with van der Waals surface area (Å²) < 4.78 is 0. The molecule has 1 aromatic heterocycles. The number of para-hydroxylation sites is 1. The molecule has 26 heavy (non-hydrogen) atoms. The molecule has 0 amide bonds. The Morgan fingerprint density at radius 2 is 2.04 bits per heavy atom. The molecule has 3 rings (SSSR count). The lowest BCUT2D eigenvalue weighted by atomic mass is 10.1. The molecular weight excluding hydrogens is 393 g/mol. The van der Waals surface area contributed by atoms with E-state index in [1.54, 1.807) is 41.8 Å². The summed E-state index contributed by atoms with van der Waals surface area (Å²) in [6, 6.07) is 13.4. The predicted octanol–water partition coefficient (Wildman–Crippen LogP) is 6.09. The summed E-state index contributed by atoms with van der Waals surface area (Å²) in [5, 5.41) is 23.8. The van der Waals surface area contributed by atoms with Crippen molar-refractivity contribution in [1.82, 2.24) is 4.98 Å². The van der Waals surface area contributed by atoms with Gasteiger partial charge in [-0.2, -0.15) is 5.26 Å². The van der Waals surface area contributed by atoms with Crippen LogP contribution in [-0.4, -0.2) is 9.91 Å². The second-order valence-corrected chi connectivity index (χ2v) is 6.85. The number of nitrogens with zero attached hydrogens (tertiary/aromatic N) is 3. The molecule has 0 atom stereocenters. The Morgan fingerprint density at radius 1 is 1.27 bits per heavy atom. The summed E-state index contributed by atoms with van der Waals surface area (Å²) in [5.74, 6) is 0. The van der Waals surface area contributed by atoms with E-state index in [0.29, 0.717) is 31.9 Å². The SMILES string of the molecule is N#CC(=Cc1ccccc1[N+](=O)[O-])c1nc(-c2ccc(Cl)cc2Cl)cs1. The third-order valence-electron chi connectivity index (χ3n) is 3.50. The average molecular weight is 402 g/mol. The smallest absolute Gasteiger partial charge is 0.258 e. The van der Waals surface area contributed by atoms with Crippen molar-refractivity contribution >= 4 is 51.9 Å². The van der Waals surface area contributed by atoms with Crippen LogP contribution < -0.4 is 0 Å². The molecule has 3 aromatic rings. The molecule has 0 spiro atoms. The molecule has 0 aliphatic carbocycles. The highest BCUT2D eigenvalue weighted by Gasteiger charge is 2.15. The standard InChI is InChI=1S/C18H9Cl2N3O2S/c19-13-5-6-14(15(20)8-13)16-10-26-18(22-16)12(9-21)7-11-3-1-2-4-17(11)23(24)25/h1-8,10H. The molecule has 0 aliphatic rings. The lowest BCUT2D eigenvalue weighted by Crippen LogP contribution is -1.91.